The lowest BCUT2D eigenvalue weighted by Gasteiger charge is -2.52. The first-order chi connectivity index (χ1) is 10.1. The van der Waals surface area contributed by atoms with Gasteiger partial charge in [0, 0.05) is 37.9 Å². The first-order valence-electron chi connectivity index (χ1n) is 7.72. The smallest absolute Gasteiger partial charge is 0.249 e. The number of alkyl halides is 2. The summed E-state index contributed by atoms with van der Waals surface area (Å²) in [5.41, 5.74) is 0.128. The molecule has 22 heavy (non-hydrogen) atoms. The third kappa shape index (κ3) is 3.27. The van der Waals surface area contributed by atoms with Crippen molar-refractivity contribution in [1.29, 1.82) is 0 Å². The lowest BCUT2D eigenvalue weighted by atomic mass is 9.60. The average molecular weight is 336 g/mol. The normalized spacial score (nSPS) is 28.2. The lowest BCUT2D eigenvalue weighted by molar-refractivity contribution is -0.162. The van der Waals surface area contributed by atoms with E-state index < -0.39 is 21.9 Å². The van der Waals surface area contributed by atoms with Crippen LogP contribution in [0.3, 0.4) is 0 Å². The highest BCUT2D eigenvalue weighted by Gasteiger charge is 2.52. The van der Waals surface area contributed by atoms with E-state index >= 15 is 0 Å². The van der Waals surface area contributed by atoms with E-state index in [-0.39, 0.29) is 30.2 Å². The highest BCUT2D eigenvalue weighted by molar-refractivity contribution is 7.88. The number of amides is 1. The predicted molar refractivity (Wildman–Crippen MR) is 76.9 cm³/mol. The molecule has 0 bridgehead atoms. The molecule has 126 valence electrons. The summed E-state index contributed by atoms with van der Waals surface area (Å²) >= 11 is 0. The van der Waals surface area contributed by atoms with E-state index in [1.807, 2.05) is 0 Å². The topological polar surface area (TPSA) is 66.5 Å². The fraction of sp³-hybridized carbons (Fsp3) is 0.929. The van der Waals surface area contributed by atoms with Gasteiger partial charge in [0.25, 0.3) is 0 Å². The number of nitrogens with zero attached hydrogens (tertiary/aromatic N) is 1. The summed E-state index contributed by atoms with van der Waals surface area (Å²) in [5, 5.41) is 0. The molecule has 2 aliphatic carbocycles. The van der Waals surface area contributed by atoms with Crippen molar-refractivity contribution in [2.75, 3.05) is 19.3 Å². The fourth-order valence-corrected chi connectivity index (χ4v) is 4.85. The van der Waals surface area contributed by atoms with Crippen LogP contribution >= 0.6 is 0 Å². The molecule has 0 radical (unpaired) electrons. The number of nitrogens with one attached hydrogen (secondary N) is 1. The van der Waals surface area contributed by atoms with E-state index in [4.69, 9.17) is 0 Å². The third-order valence-electron chi connectivity index (χ3n) is 5.31. The minimum atomic E-state index is -3.17. The number of hydrogen-bond acceptors (Lipinski definition) is 3. The Morgan fingerprint density at radius 3 is 2.14 bits per heavy atom. The number of rotatable bonds is 3. The molecule has 1 spiro atoms. The fourth-order valence-electron chi connectivity index (χ4n) is 4.08. The molecular weight excluding hydrogens is 314 g/mol. The van der Waals surface area contributed by atoms with Gasteiger partial charge in [-0.25, -0.2) is 21.9 Å². The van der Waals surface area contributed by atoms with Gasteiger partial charge in [0.2, 0.25) is 21.9 Å². The number of likely N-dealkylation sites (tertiary alicyclic amines) is 1. The maximum atomic E-state index is 12.9. The first kappa shape index (κ1) is 16.1. The molecule has 0 unspecified atom stereocenters. The maximum Gasteiger partial charge on any atom is 0.249 e. The first-order valence-corrected chi connectivity index (χ1v) is 9.61. The van der Waals surface area contributed by atoms with E-state index in [2.05, 4.69) is 4.72 Å². The summed E-state index contributed by atoms with van der Waals surface area (Å²) < 4.78 is 50.7. The molecule has 2 saturated carbocycles. The van der Waals surface area contributed by atoms with Gasteiger partial charge in [-0.1, -0.05) is 0 Å². The van der Waals surface area contributed by atoms with E-state index in [1.54, 1.807) is 4.90 Å². The number of carbonyl (C=O) groups is 1. The second-order valence-electron chi connectivity index (χ2n) is 7.28. The molecule has 0 aromatic rings. The highest BCUT2D eigenvalue weighted by atomic mass is 32.2. The van der Waals surface area contributed by atoms with Crippen molar-refractivity contribution in [3.8, 4) is 0 Å². The second kappa shape index (κ2) is 5.12. The van der Waals surface area contributed by atoms with Gasteiger partial charge in [-0.05, 0) is 31.1 Å². The SMILES string of the molecule is CS(=O)(=O)NC1CC2(CCN(C(=O)C3CC(F)(F)C3)CC2)C1. The largest absolute Gasteiger partial charge is 0.342 e. The molecule has 3 rings (SSSR count). The third-order valence-corrected chi connectivity index (χ3v) is 6.08. The molecule has 3 fully saturated rings. The molecule has 3 aliphatic rings. The standard InChI is InChI=1S/C14H22F2N2O3S/c1-22(20,21)17-11-8-13(9-11)2-4-18(5-3-13)12(19)10-6-14(15,16)7-10/h10-11,17H,2-9H2,1H3. The Kier molecular flexibility index (Phi) is 3.75. The van der Waals surface area contributed by atoms with Crippen LogP contribution in [0.25, 0.3) is 0 Å². The summed E-state index contributed by atoms with van der Waals surface area (Å²) in [6.07, 6.45) is 3.83. The van der Waals surface area contributed by atoms with Crippen molar-refractivity contribution < 1.29 is 22.0 Å². The van der Waals surface area contributed by atoms with Crippen LogP contribution in [0.15, 0.2) is 0 Å². The Balaban J connectivity index is 1.45. The zero-order valence-corrected chi connectivity index (χ0v) is 13.5. The van der Waals surface area contributed by atoms with Crippen molar-refractivity contribution >= 4 is 15.9 Å². The Morgan fingerprint density at radius 2 is 1.68 bits per heavy atom. The summed E-state index contributed by atoms with van der Waals surface area (Å²) in [6, 6.07) is 0.00238. The van der Waals surface area contributed by atoms with Gasteiger partial charge in [-0.2, -0.15) is 0 Å². The van der Waals surface area contributed by atoms with Gasteiger partial charge < -0.3 is 4.90 Å². The van der Waals surface area contributed by atoms with E-state index in [0.29, 0.717) is 13.1 Å². The Morgan fingerprint density at radius 1 is 1.14 bits per heavy atom. The number of piperidine rings is 1. The molecule has 8 heteroatoms. The van der Waals surface area contributed by atoms with Crippen LogP contribution in [-0.2, 0) is 14.8 Å². The second-order valence-corrected chi connectivity index (χ2v) is 9.06. The zero-order valence-electron chi connectivity index (χ0n) is 12.6. The molecule has 5 nitrogen and oxygen atoms in total. The Bertz CT molecular complexity index is 555. The van der Waals surface area contributed by atoms with Crippen molar-refractivity contribution in [2.45, 2.75) is 50.5 Å². The molecule has 0 atom stereocenters. The average Bonchev–Trinajstić information content (AvgIpc) is 2.32. The highest BCUT2D eigenvalue weighted by Crippen LogP contribution is 2.50. The van der Waals surface area contributed by atoms with Gasteiger partial charge in [-0.3, -0.25) is 4.79 Å². The molecule has 1 heterocycles. The van der Waals surface area contributed by atoms with Crippen LogP contribution in [0.4, 0.5) is 8.78 Å². The molecule has 0 aromatic carbocycles. The van der Waals surface area contributed by atoms with Crippen molar-refractivity contribution in [1.82, 2.24) is 9.62 Å². The van der Waals surface area contributed by atoms with Crippen LogP contribution in [-0.4, -0.2) is 50.5 Å². The minimum absolute atomic E-state index is 0.00238. The molecule has 1 N–H and O–H groups in total. The Hall–Kier alpha value is -0.760. The molecule has 1 saturated heterocycles. The van der Waals surface area contributed by atoms with Gasteiger partial charge in [0.15, 0.2) is 0 Å². The summed E-state index contributed by atoms with van der Waals surface area (Å²) in [6.45, 7) is 1.21. The van der Waals surface area contributed by atoms with Crippen LogP contribution in [0.5, 0.6) is 0 Å². The zero-order chi connectivity index (χ0) is 16.2. The van der Waals surface area contributed by atoms with Gasteiger partial charge in [-0.15, -0.1) is 0 Å². The Labute approximate surface area is 129 Å². The number of sulfonamides is 1. The lowest BCUT2D eigenvalue weighted by Crippen LogP contribution is -2.56. The monoisotopic (exact) mass is 336 g/mol. The van der Waals surface area contributed by atoms with Crippen molar-refractivity contribution in [3.05, 3.63) is 0 Å². The quantitative estimate of drug-likeness (QED) is 0.846. The summed E-state index contributed by atoms with van der Waals surface area (Å²) in [7, 11) is -3.17. The van der Waals surface area contributed by atoms with Gasteiger partial charge >= 0.3 is 0 Å². The van der Waals surface area contributed by atoms with Crippen LogP contribution in [0.1, 0.15) is 38.5 Å². The van der Waals surface area contributed by atoms with E-state index in [0.717, 1.165) is 31.9 Å². The van der Waals surface area contributed by atoms with Crippen LogP contribution in [0, 0.1) is 11.3 Å². The van der Waals surface area contributed by atoms with E-state index in [1.165, 1.54) is 0 Å². The predicted octanol–water partition coefficient (Wildman–Crippen LogP) is 1.35. The van der Waals surface area contributed by atoms with Gasteiger partial charge in [0.05, 0.1) is 6.26 Å². The molecule has 0 aromatic heterocycles. The number of hydrogen-bond donors (Lipinski definition) is 1. The minimum Gasteiger partial charge on any atom is -0.342 e. The number of carbonyl (C=O) groups excluding carboxylic acids is 1. The van der Waals surface area contributed by atoms with Gasteiger partial charge in [0.1, 0.15) is 0 Å². The molecule has 1 aliphatic heterocycles. The van der Waals surface area contributed by atoms with Crippen LogP contribution in [0.2, 0.25) is 0 Å². The van der Waals surface area contributed by atoms with Crippen molar-refractivity contribution in [2.24, 2.45) is 11.3 Å². The van der Waals surface area contributed by atoms with Crippen LogP contribution < -0.4 is 4.72 Å². The van der Waals surface area contributed by atoms with Crippen molar-refractivity contribution in [3.63, 3.8) is 0 Å². The summed E-state index contributed by atoms with van der Waals surface area (Å²) in [4.78, 5) is 13.8. The van der Waals surface area contributed by atoms with E-state index in [9.17, 15) is 22.0 Å². The molecular formula is C14H22F2N2O3S. The molecule has 1 amide bonds. The number of halogens is 2. The summed E-state index contributed by atoms with van der Waals surface area (Å²) in [5.74, 6) is -3.30. The maximum absolute atomic E-state index is 12.9.